The molecule has 0 fully saturated rings. The molecule has 0 saturated heterocycles. The first-order chi connectivity index (χ1) is 17.6. The van der Waals surface area contributed by atoms with Gasteiger partial charge in [0, 0.05) is 25.2 Å². The Labute approximate surface area is 216 Å². The van der Waals surface area contributed by atoms with E-state index in [1.807, 2.05) is 13.8 Å². The molecule has 3 aromatic heterocycles. The van der Waals surface area contributed by atoms with Crippen LogP contribution in [0.3, 0.4) is 0 Å². The zero-order valence-corrected chi connectivity index (χ0v) is 22.4. The second kappa shape index (κ2) is 10.3. The van der Waals surface area contributed by atoms with Gasteiger partial charge in [0.1, 0.15) is 27.4 Å². The average Bonchev–Trinajstić information content (AvgIpc) is 3.51. The van der Waals surface area contributed by atoms with Crippen LogP contribution in [-0.4, -0.2) is 55.1 Å². The van der Waals surface area contributed by atoms with Gasteiger partial charge in [-0.2, -0.15) is 10.2 Å². The first kappa shape index (κ1) is 26.3. The number of thiophene rings is 1. The molecule has 0 spiro atoms. The second-order valence-corrected chi connectivity index (χ2v) is 10.0. The number of methoxy groups -OCH3 is 1. The first-order valence-corrected chi connectivity index (χ1v) is 12.6. The highest BCUT2D eigenvalue weighted by Crippen LogP contribution is 2.31. The molecule has 4 aromatic rings. The summed E-state index contributed by atoms with van der Waals surface area (Å²) < 4.78 is 21.8. The Bertz CT molecular complexity index is 1570. The van der Waals surface area contributed by atoms with Crippen molar-refractivity contribution in [1.82, 2.24) is 29.0 Å². The van der Waals surface area contributed by atoms with Gasteiger partial charge in [0.05, 0.1) is 24.9 Å². The number of nitrogens with zero attached hydrogens (tertiary/aromatic N) is 6. The van der Waals surface area contributed by atoms with Crippen LogP contribution in [0.15, 0.2) is 40.2 Å². The van der Waals surface area contributed by atoms with Crippen LogP contribution in [-0.2, 0) is 17.8 Å². The Kier molecular flexibility index (Phi) is 7.30. The Morgan fingerprint density at radius 3 is 2.49 bits per heavy atom. The summed E-state index contributed by atoms with van der Waals surface area (Å²) in [6.45, 7) is 7.15. The van der Waals surface area contributed by atoms with Gasteiger partial charge in [-0.3, -0.25) is 14.2 Å². The maximum atomic E-state index is 14.0. The average molecular weight is 529 g/mol. The van der Waals surface area contributed by atoms with Crippen LogP contribution < -0.4 is 16.0 Å². The number of benzene rings is 1. The third-order valence-corrected chi connectivity index (χ3v) is 7.81. The summed E-state index contributed by atoms with van der Waals surface area (Å²) in [7, 11) is 3.13. The summed E-state index contributed by atoms with van der Waals surface area (Å²) in [5, 5.41) is 9.26. The van der Waals surface area contributed by atoms with Crippen molar-refractivity contribution in [2.75, 3.05) is 14.2 Å². The SMILES string of the molecule is COc1ccc(F)cc1CCn1c(=O)n([C@@H](C)C(=O)N(C)C(C)C)c(=O)c2c(C)c(-n3nccn3)sc21. The third kappa shape index (κ3) is 4.68. The molecule has 0 aliphatic rings. The first-order valence-electron chi connectivity index (χ1n) is 11.8. The van der Waals surface area contributed by atoms with Gasteiger partial charge in [0.25, 0.3) is 5.56 Å². The summed E-state index contributed by atoms with van der Waals surface area (Å²) >= 11 is 1.21. The summed E-state index contributed by atoms with van der Waals surface area (Å²) in [4.78, 5) is 44.0. The minimum atomic E-state index is -1.03. The highest BCUT2D eigenvalue weighted by molar-refractivity contribution is 7.21. The van der Waals surface area contributed by atoms with Crippen molar-refractivity contribution < 1.29 is 13.9 Å². The standard InChI is InChI=1S/C25H29FN6O4S/c1-14(2)29(5)21(33)16(4)31-22(34)20-15(3)23(32-27-10-11-28-32)37-24(20)30(25(31)35)12-9-17-13-18(26)7-8-19(17)36-6/h7-8,10-11,13-14,16H,9,12H2,1-6H3/t16-/m0/s1. The number of carbonyl (C=O) groups excluding carboxylic acids is 1. The van der Waals surface area contributed by atoms with E-state index < -0.39 is 23.1 Å². The molecule has 1 amide bonds. The van der Waals surface area contributed by atoms with Crippen molar-refractivity contribution in [3.63, 3.8) is 0 Å². The molecule has 10 nitrogen and oxygen atoms in total. The van der Waals surface area contributed by atoms with Gasteiger partial charge in [-0.05, 0) is 57.9 Å². The summed E-state index contributed by atoms with van der Waals surface area (Å²) in [6, 6.07) is 3.05. The number of aryl methyl sites for hydroxylation is 3. The van der Waals surface area contributed by atoms with Crippen LogP contribution in [0.1, 0.15) is 37.9 Å². The van der Waals surface area contributed by atoms with Gasteiger partial charge in [-0.1, -0.05) is 11.3 Å². The highest BCUT2D eigenvalue weighted by Gasteiger charge is 2.28. The Balaban J connectivity index is 1.93. The summed E-state index contributed by atoms with van der Waals surface area (Å²) in [5.74, 6) is -0.285. The van der Waals surface area contributed by atoms with Gasteiger partial charge in [0.2, 0.25) is 5.91 Å². The predicted octanol–water partition coefficient (Wildman–Crippen LogP) is 2.93. The molecule has 0 unspecified atom stereocenters. The molecule has 3 heterocycles. The summed E-state index contributed by atoms with van der Waals surface area (Å²) in [5.41, 5.74) is 0.00644. The molecule has 12 heteroatoms. The molecule has 0 bridgehead atoms. The molecule has 0 saturated carbocycles. The van der Waals surface area contributed by atoms with Gasteiger partial charge < -0.3 is 9.64 Å². The fraction of sp³-hybridized carbons (Fsp3) is 0.400. The third-order valence-electron chi connectivity index (χ3n) is 6.53. The predicted molar refractivity (Wildman–Crippen MR) is 139 cm³/mol. The van der Waals surface area contributed by atoms with Crippen LogP contribution in [0.4, 0.5) is 4.39 Å². The highest BCUT2D eigenvalue weighted by atomic mass is 32.1. The zero-order valence-electron chi connectivity index (χ0n) is 21.6. The van der Waals surface area contributed by atoms with E-state index in [0.29, 0.717) is 32.1 Å². The van der Waals surface area contributed by atoms with Crippen LogP contribution in [0.5, 0.6) is 5.75 Å². The minimum Gasteiger partial charge on any atom is -0.496 e. The molecule has 1 atom stereocenters. The van der Waals surface area contributed by atoms with Crippen LogP contribution in [0.25, 0.3) is 15.2 Å². The van der Waals surface area contributed by atoms with Crippen LogP contribution >= 0.6 is 11.3 Å². The lowest BCUT2D eigenvalue weighted by Crippen LogP contribution is -2.47. The Morgan fingerprint density at radius 2 is 1.86 bits per heavy atom. The van der Waals surface area contributed by atoms with E-state index in [0.717, 1.165) is 4.57 Å². The van der Waals surface area contributed by atoms with Crippen molar-refractivity contribution in [1.29, 1.82) is 0 Å². The number of rotatable bonds is 8. The lowest BCUT2D eigenvalue weighted by Gasteiger charge is -2.26. The Hall–Kier alpha value is -3.80. The molecule has 4 rings (SSSR count). The van der Waals surface area contributed by atoms with E-state index in [1.165, 1.54) is 63.3 Å². The number of ether oxygens (including phenoxy) is 1. The Morgan fingerprint density at radius 1 is 1.19 bits per heavy atom. The molecule has 0 aliphatic heterocycles. The second-order valence-electron chi connectivity index (χ2n) is 9.07. The number of likely N-dealkylation sites (N-methyl/N-ethyl adjacent to an activating group) is 1. The van der Waals surface area contributed by atoms with E-state index in [4.69, 9.17) is 4.74 Å². The molecule has 0 N–H and O–H groups in total. The van der Waals surface area contributed by atoms with E-state index in [2.05, 4.69) is 10.2 Å². The smallest absolute Gasteiger partial charge is 0.332 e. The fourth-order valence-corrected chi connectivity index (χ4v) is 5.47. The number of hydrogen-bond acceptors (Lipinski definition) is 7. The van der Waals surface area contributed by atoms with Gasteiger partial charge >= 0.3 is 5.69 Å². The molecule has 1 aromatic carbocycles. The number of amides is 1. The molecule has 37 heavy (non-hydrogen) atoms. The molecular weight excluding hydrogens is 499 g/mol. The van der Waals surface area contributed by atoms with E-state index in [-0.39, 0.29) is 24.9 Å². The number of carbonyl (C=O) groups is 1. The lowest BCUT2D eigenvalue weighted by atomic mass is 10.1. The number of halogens is 1. The minimum absolute atomic E-state index is 0.113. The van der Waals surface area contributed by atoms with Crippen molar-refractivity contribution in [3.05, 3.63) is 68.4 Å². The van der Waals surface area contributed by atoms with Crippen LogP contribution in [0.2, 0.25) is 0 Å². The monoisotopic (exact) mass is 528 g/mol. The normalized spacial score (nSPS) is 12.3. The maximum absolute atomic E-state index is 14.0. The van der Waals surface area contributed by atoms with Crippen molar-refractivity contribution >= 4 is 27.5 Å². The summed E-state index contributed by atoms with van der Waals surface area (Å²) in [6.07, 6.45) is 3.30. The van der Waals surface area contributed by atoms with Crippen molar-refractivity contribution in [2.45, 2.75) is 52.7 Å². The molecular formula is C25H29FN6O4S. The van der Waals surface area contributed by atoms with E-state index in [1.54, 1.807) is 20.9 Å². The quantitative estimate of drug-likeness (QED) is 0.348. The topological polar surface area (TPSA) is 104 Å². The number of aromatic nitrogens is 5. The molecule has 0 aliphatic carbocycles. The maximum Gasteiger partial charge on any atom is 0.332 e. The largest absolute Gasteiger partial charge is 0.496 e. The van der Waals surface area contributed by atoms with Crippen LogP contribution in [0, 0.1) is 12.7 Å². The number of fused-ring (bicyclic) bond motifs is 1. The lowest BCUT2D eigenvalue weighted by molar-refractivity contribution is -0.134. The van der Waals surface area contributed by atoms with E-state index >= 15 is 0 Å². The molecule has 0 radical (unpaired) electrons. The van der Waals surface area contributed by atoms with Crippen molar-refractivity contribution in [2.24, 2.45) is 0 Å². The van der Waals surface area contributed by atoms with E-state index in [9.17, 15) is 18.8 Å². The zero-order chi connectivity index (χ0) is 27.0. The molecule has 196 valence electrons. The van der Waals surface area contributed by atoms with Gasteiger partial charge in [-0.15, -0.1) is 4.80 Å². The van der Waals surface area contributed by atoms with Gasteiger partial charge in [0.15, 0.2) is 0 Å². The number of hydrogen-bond donors (Lipinski definition) is 0. The van der Waals surface area contributed by atoms with Crippen molar-refractivity contribution in [3.8, 4) is 10.8 Å². The fourth-order valence-electron chi connectivity index (χ4n) is 4.24. The van der Waals surface area contributed by atoms with Gasteiger partial charge in [-0.25, -0.2) is 13.8 Å².